The highest BCUT2D eigenvalue weighted by Gasteiger charge is 2.16. The van der Waals surface area contributed by atoms with Gasteiger partial charge in [-0.15, -0.1) is 0 Å². The number of aliphatic hydroxyl groups is 1. The Morgan fingerprint density at radius 3 is 2.20 bits per heavy atom. The van der Waals surface area contributed by atoms with E-state index in [0.29, 0.717) is 28.6 Å². The highest BCUT2D eigenvalue weighted by Crippen LogP contribution is 2.36. The van der Waals surface area contributed by atoms with Crippen LogP contribution in [-0.2, 0) is 0 Å². The van der Waals surface area contributed by atoms with Gasteiger partial charge in [-0.1, -0.05) is 12.1 Å². The lowest BCUT2D eigenvalue weighted by molar-refractivity contribution is 0.190. The van der Waals surface area contributed by atoms with Gasteiger partial charge in [-0.2, -0.15) is 0 Å². The van der Waals surface area contributed by atoms with Crippen LogP contribution in [-0.4, -0.2) is 19.3 Å². The highest BCUT2D eigenvalue weighted by atomic mass is 16.5. The number of aliphatic hydroxyl groups excluding tert-OH is 1. The van der Waals surface area contributed by atoms with Gasteiger partial charge in [0.15, 0.2) is 0 Å². The minimum Gasteiger partial charge on any atom is -0.497 e. The average molecular weight is 274 g/mol. The average Bonchev–Trinajstić information content (AvgIpc) is 2.46. The summed E-state index contributed by atoms with van der Waals surface area (Å²) >= 11 is 0. The standard InChI is InChI=1S/C16H18O4/c1-11(17)16-14(19-3)8-5-9-15(16)20-13-7-4-6-12(10-13)18-2/h4-11,17H,1-3H3/t11-/m0/s1. The van der Waals surface area contributed by atoms with Gasteiger partial charge in [-0.25, -0.2) is 0 Å². The zero-order valence-corrected chi connectivity index (χ0v) is 11.8. The van der Waals surface area contributed by atoms with Gasteiger partial charge in [0, 0.05) is 6.07 Å². The first-order chi connectivity index (χ1) is 9.65. The van der Waals surface area contributed by atoms with Crippen LogP contribution >= 0.6 is 0 Å². The number of hydrogen-bond donors (Lipinski definition) is 1. The summed E-state index contributed by atoms with van der Waals surface area (Å²) in [6.07, 6.45) is -0.688. The molecule has 2 aromatic carbocycles. The lowest BCUT2D eigenvalue weighted by Gasteiger charge is -2.16. The predicted molar refractivity (Wildman–Crippen MR) is 76.7 cm³/mol. The molecule has 0 saturated carbocycles. The minimum atomic E-state index is -0.688. The van der Waals surface area contributed by atoms with Crippen LogP contribution in [0.15, 0.2) is 42.5 Å². The summed E-state index contributed by atoms with van der Waals surface area (Å²) in [5.74, 6) is 2.51. The van der Waals surface area contributed by atoms with Crippen LogP contribution in [0.4, 0.5) is 0 Å². The summed E-state index contributed by atoms with van der Waals surface area (Å²) in [6, 6.07) is 12.7. The van der Waals surface area contributed by atoms with Gasteiger partial charge in [0.1, 0.15) is 23.0 Å². The van der Waals surface area contributed by atoms with Crippen molar-refractivity contribution in [3.05, 3.63) is 48.0 Å². The lowest BCUT2D eigenvalue weighted by Crippen LogP contribution is -2.00. The first-order valence-corrected chi connectivity index (χ1v) is 6.32. The third-order valence-electron chi connectivity index (χ3n) is 2.93. The monoisotopic (exact) mass is 274 g/mol. The van der Waals surface area contributed by atoms with Gasteiger partial charge >= 0.3 is 0 Å². The Kier molecular flexibility index (Phi) is 4.48. The van der Waals surface area contributed by atoms with Crippen molar-refractivity contribution in [2.45, 2.75) is 13.0 Å². The molecule has 0 aliphatic carbocycles. The maximum Gasteiger partial charge on any atom is 0.136 e. The molecule has 2 aromatic rings. The fourth-order valence-corrected chi connectivity index (χ4v) is 1.99. The fourth-order valence-electron chi connectivity index (χ4n) is 1.99. The lowest BCUT2D eigenvalue weighted by atomic mass is 10.1. The molecule has 0 saturated heterocycles. The first-order valence-electron chi connectivity index (χ1n) is 6.32. The number of hydrogen-bond acceptors (Lipinski definition) is 4. The molecule has 0 heterocycles. The van der Waals surface area contributed by atoms with E-state index in [1.807, 2.05) is 24.3 Å². The molecular weight excluding hydrogens is 256 g/mol. The molecule has 0 spiro atoms. The largest absolute Gasteiger partial charge is 0.497 e. The van der Waals surface area contributed by atoms with E-state index < -0.39 is 6.10 Å². The SMILES string of the molecule is COc1cccc(Oc2cccc(OC)c2[C@H](C)O)c1. The van der Waals surface area contributed by atoms with E-state index in [2.05, 4.69) is 0 Å². The molecule has 0 aliphatic rings. The molecule has 106 valence electrons. The molecule has 0 bridgehead atoms. The molecule has 20 heavy (non-hydrogen) atoms. The van der Waals surface area contributed by atoms with Gasteiger partial charge in [0.2, 0.25) is 0 Å². The van der Waals surface area contributed by atoms with Crippen LogP contribution < -0.4 is 14.2 Å². The van der Waals surface area contributed by atoms with E-state index in [1.165, 1.54) is 0 Å². The fraction of sp³-hybridized carbons (Fsp3) is 0.250. The molecule has 0 unspecified atom stereocenters. The Morgan fingerprint density at radius 2 is 1.55 bits per heavy atom. The van der Waals surface area contributed by atoms with Crippen LogP contribution in [0.1, 0.15) is 18.6 Å². The third kappa shape index (κ3) is 3.03. The number of benzene rings is 2. The van der Waals surface area contributed by atoms with Crippen molar-refractivity contribution in [3.8, 4) is 23.0 Å². The molecule has 1 atom stereocenters. The smallest absolute Gasteiger partial charge is 0.136 e. The van der Waals surface area contributed by atoms with E-state index in [-0.39, 0.29) is 0 Å². The van der Waals surface area contributed by atoms with Crippen LogP contribution in [0, 0.1) is 0 Å². The van der Waals surface area contributed by atoms with E-state index in [1.54, 1.807) is 39.3 Å². The first kappa shape index (κ1) is 14.2. The van der Waals surface area contributed by atoms with Crippen molar-refractivity contribution in [2.24, 2.45) is 0 Å². The molecule has 0 fully saturated rings. The summed E-state index contributed by atoms with van der Waals surface area (Å²) in [5.41, 5.74) is 0.623. The van der Waals surface area contributed by atoms with Crippen molar-refractivity contribution < 1.29 is 19.3 Å². The Hall–Kier alpha value is -2.20. The summed E-state index contributed by atoms with van der Waals surface area (Å²) in [5, 5.41) is 9.91. The van der Waals surface area contributed by atoms with E-state index in [0.717, 1.165) is 0 Å². The second kappa shape index (κ2) is 6.30. The Bertz CT molecular complexity index is 578. The van der Waals surface area contributed by atoms with Crippen molar-refractivity contribution >= 4 is 0 Å². The molecule has 0 amide bonds. The normalized spacial score (nSPS) is 11.8. The van der Waals surface area contributed by atoms with Gasteiger partial charge in [0.05, 0.1) is 25.9 Å². The van der Waals surface area contributed by atoms with Crippen LogP contribution in [0.25, 0.3) is 0 Å². The van der Waals surface area contributed by atoms with E-state index in [4.69, 9.17) is 14.2 Å². The van der Waals surface area contributed by atoms with Gasteiger partial charge in [-0.05, 0) is 31.2 Å². The molecule has 1 N–H and O–H groups in total. The van der Waals surface area contributed by atoms with Crippen LogP contribution in [0.2, 0.25) is 0 Å². The van der Waals surface area contributed by atoms with Crippen molar-refractivity contribution in [1.82, 2.24) is 0 Å². The third-order valence-corrected chi connectivity index (χ3v) is 2.93. The summed E-state index contributed by atoms with van der Waals surface area (Å²) < 4.78 is 16.3. The van der Waals surface area contributed by atoms with E-state index >= 15 is 0 Å². The maximum absolute atomic E-state index is 9.91. The van der Waals surface area contributed by atoms with Gasteiger partial charge < -0.3 is 19.3 Å². The van der Waals surface area contributed by atoms with Crippen molar-refractivity contribution in [1.29, 1.82) is 0 Å². The Labute approximate surface area is 118 Å². The number of ether oxygens (including phenoxy) is 3. The number of rotatable bonds is 5. The summed E-state index contributed by atoms with van der Waals surface area (Å²) in [6.45, 7) is 1.68. The number of methoxy groups -OCH3 is 2. The molecule has 0 radical (unpaired) electrons. The second-order valence-electron chi connectivity index (χ2n) is 4.33. The topological polar surface area (TPSA) is 47.9 Å². The molecular formula is C16H18O4. The minimum absolute atomic E-state index is 0.563. The van der Waals surface area contributed by atoms with Gasteiger partial charge in [0.25, 0.3) is 0 Å². The molecule has 2 rings (SSSR count). The van der Waals surface area contributed by atoms with E-state index in [9.17, 15) is 5.11 Å². The highest BCUT2D eigenvalue weighted by molar-refractivity contribution is 5.48. The van der Waals surface area contributed by atoms with Crippen molar-refractivity contribution in [2.75, 3.05) is 14.2 Å². The molecule has 4 nitrogen and oxygen atoms in total. The predicted octanol–water partition coefficient (Wildman–Crippen LogP) is 3.55. The Morgan fingerprint density at radius 1 is 0.900 bits per heavy atom. The second-order valence-corrected chi connectivity index (χ2v) is 4.33. The summed E-state index contributed by atoms with van der Waals surface area (Å²) in [7, 11) is 3.17. The van der Waals surface area contributed by atoms with Crippen molar-refractivity contribution in [3.63, 3.8) is 0 Å². The zero-order valence-electron chi connectivity index (χ0n) is 11.8. The van der Waals surface area contributed by atoms with Crippen LogP contribution in [0.3, 0.4) is 0 Å². The van der Waals surface area contributed by atoms with Crippen LogP contribution in [0.5, 0.6) is 23.0 Å². The summed E-state index contributed by atoms with van der Waals surface area (Å²) in [4.78, 5) is 0. The molecule has 0 aromatic heterocycles. The molecule has 4 heteroatoms. The quantitative estimate of drug-likeness (QED) is 0.905. The Balaban J connectivity index is 2.37. The molecule has 0 aliphatic heterocycles. The van der Waals surface area contributed by atoms with Gasteiger partial charge in [-0.3, -0.25) is 0 Å². The zero-order chi connectivity index (χ0) is 14.5. The maximum atomic E-state index is 9.91.